The SMILES string of the molecule is Cc1ccc([C@@H]2[C@@H]3C(=O)N(c4ccc(Cl)cc4Cl)C(=O)[C@@H]3N3CCCN23)cc1. The highest BCUT2D eigenvalue weighted by Crippen LogP contribution is 2.49. The van der Waals surface area contributed by atoms with Crippen LogP contribution in [0.2, 0.25) is 10.0 Å². The van der Waals surface area contributed by atoms with Crippen molar-refractivity contribution in [1.82, 2.24) is 10.0 Å². The Labute approximate surface area is 173 Å². The van der Waals surface area contributed by atoms with E-state index in [0.717, 1.165) is 25.1 Å². The van der Waals surface area contributed by atoms with Gasteiger partial charge in [-0.05, 0) is 37.1 Å². The molecule has 2 aromatic carbocycles. The van der Waals surface area contributed by atoms with Crippen molar-refractivity contribution in [2.75, 3.05) is 18.0 Å². The topological polar surface area (TPSA) is 43.9 Å². The van der Waals surface area contributed by atoms with E-state index >= 15 is 0 Å². The normalized spacial score (nSPS) is 27.5. The second-order valence-electron chi connectivity index (χ2n) is 7.61. The lowest BCUT2D eigenvalue weighted by molar-refractivity contribution is -0.126. The molecule has 144 valence electrons. The summed E-state index contributed by atoms with van der Waals surface area (Å²) in [5.74, 6) is -0.845. The molecule has 3 saturated heterocycles. The zero-order chi connectivity index (χ0) is 19.6. The number of hydrazine groups is 1. The molecule has 3 atom stereocenters. The number of benzene rings is 2. The Kier molecular flexibility index (Phi) is 4.25. The number of amides is 2. The molecule has 7 heteroatoms. The minimum absolute atomic E-state index is 0.138. The Balaban J connectivity index is 1.59. The molecule has 2 amide bonds. The molecule has 2 aromatic rings. The van der Waals surface area contributed by atoms with Crippen molar-refractivity contribution in [3.63, 3.8) is 0 Å². The summed E-state index contributed by atoms with van der Waals surface area (Å²) in [6.07, 6.45) is 0.981. The van der Waals surface area contributed by atoms with E-state index in [9.17, 15) is 9.59 Å². The van der Waals surface area contributed by atoms with Gasteiger partial charge in [0.25, 0.3) is 5.91 Å². The van der Waals surface area contributed by atoms with Crippen LogP contribution >= 0.6 is 23.2 Å². The summed E-state index contributed by atoms with van der Waals surface area (Å²) in [6, 6.07) is 12.5. The van der Waals surface area contributed by atoms with Crippen LogP contribution in [-0.2, 0) is 9.59 Å². The molecule has 3 aliphatic heterocycles. The lowest BCUT2D eigenvalue weighted by Gasteiger charge is -2.30. The van der Waals surface area contributed by atoms with Crippen LogP contribution in [0.15, 0.2) is 42.5 Å². The first-order chi connectivity index (χ1) is 13.5. The minimum atomic E-state index is -0.479. The maximum absolute atomic E-state index is 13.5. The summed E-state index contributed by atoms with van der Waals surface area (Å²) in [5.41, 5.74) is 2.64. The lowest BCUT2D eigenvalue weighted by atomic mass is 9.89. The fraction of sp³-hybridized carbons (Fsp3) is 0.333. The number of hydrogen-bond acceptors (Lipinski definition) is 4. The number of carbonyl (C=O) groups is 2. The van der Waals surface area contributed by atoms with Gasteiger partial charge >= 0.3 is 0 Å². The number of nitrogens with zero attached hydrogens (tertiary/aromatic N) is 3. The van der Waals surface area contributed by atoms with Crippen LogP contribution in [0.3, 0.4) is 0 Å². The van der Waals surface area contributed by atoms with Gasteiger partial charge in [0.05, 0.1) is 22.7 Å². The molecule has 28 heavy (non-hydrogen) atoms. The first-order valence-corrected chi connectivity index (χ1v) is 10.2. The van der Waals surface area contributed by atoms with E-state index < -0.39 is 12.0 Å². The van der Waals surface area contributed by atoms with Crippen molar-refractivity contribution in [1.29, 1.82) is 0 Å². The summed E-state index contributed by atoms with van der Waals surface area (Å²) in [5, 5.41) is 5.06. The van der Waals surface area contributed by atoms with Crippen LogP contribution in [0.4, 0.5) is 5.69 Å². The molecule has 3 aliphatic rings. The summed E-state index contributed by atoms with van der Waals surface area (Å²) in [7, 11) is 0. The van der Waals surface area contributed by atoms with Gasteiger partial charge in [0.15, 0.2) is 0 Å². The minimum Gasteiger partial charge on any atom is -0.274 e. The third-order valence-corrected chi connectivity index (χ3v) is 6.51. The molecule has 3 fully saturated rings. The predicted octanol–water partition coefficient (Wildman–Crippen LogP) is 3.84. The number of rotatable bonds is 2. The Morgan fingerprint density at radius 2 is 1.57 bits per heavy atom. The van der Waals surface area contributed by atoms with E-state index in [1.165, 1.54) is 10.5 Å². The van der Waals surface area contributed by atoms with Crippen molar-refractivity contribution in [2.45, 2.75) is 25.4 Å². The zero-order valence-corrected chi connectivity index (χ0v) is 16.8. The molecule has 0 bridgehead atoms. The lowest BCUT2D eigenvalue weighted by Crippen LogP contribution is -2.44. The fourth-order valence-electron chi connectivity index (χ4n) is 4.78. The van der Waals surface area contributed by atoms with Gasteiger partial charge in [-0.15, -0.1) is 0 Å². The Hall–Kier alpha value is -1.92. The number of anilines is 1. The van der Waals surface area contributed by atoms with Crippen molar-refractivity contribution in [3.05, 3.63) is 63.6 Å². The molecule has 5 rings (SSSR count). The number of fused-ring (bicyclic) bond motifs is 3. The molecule has 0 aromatic heterocycles. The van der Waals surface area contributed by atoms with Crippen LogP contribution in [-0.4, -0.2) is 41.0 Å². The largest absolute Gasteiger partial charge is 0.274 e. The third-order valence-electron chi connectivity index (χ3n) is 5.98. The first kappa shape index (κ1) is 18.1. The van der Waals surface area contributed by atoms with Crippen LogP contribution in [0, 0.1) is 12.8 Å². The average Bonchev–Trinajstić information content (AvgIpc) is 3.30. The first-order valence-electron chi connectivity index (χ1n) is 9.40. The number of aryl methyl sites for hydroxylation is 1. The summed E-state index contributed by atoms with van der Waals surface area (Å²) in [4.78, 5) is 28.1. The number of hydrogen-bond donors (Lipinski definition) is 0. The second kappa shape index (κ2) is 6.56. The molecule has 5 nitrogen and oxygen atoms in total. The molecule has 0 spiro atoms. The average molecular weight is 416 g/mol. The predicted molar refractivity (Wildman–Crippen MR) is 108 cm³/mol. The van der Waals surface area contributed by atoms with Gasteiger partial charge < -0.3 is 0 Å². The zero-order valence-electron chi connectivity index (χ0n) is 15.3. The molecule has 0 N–H and O–H groups in total. The second-order valence-corrected chi connectivity index (χ2v) is 8.46. The quantitative estimate of drug-likeness (QED) is 0.698. The molecule has 0 unspecified atom stereocenters. The van der Waals surface area contributed by atoms with E-state index in [1.807, 2.05) is 6.92 Å². The highest BCUT2D eigenvalue weighted by molar-refractivity contribution is 6.38. The smallest absolute Gasteiger partial charge is 0.253 e. The third kappa shape index (κ3) is 2.54. The van der Waals surface area contributed by atoms with Gasteiger partial charge in [-0.25, -0.2) is 14.9 Å². The molecular formula is C21H19Cl2N3O2. The van der Waals surface area contributed by atoms with E-state index in [1.54, 1.807) is 18.2 Å². The van der Waals surface area contributed by atoms with Gasteiger partial charge in [0.1, 0.15) is 6.04 Å². The summed E-state index contributed by atoms with van der Waals surface area (Å²) < 4.78 is 0. The molecule has 0 aliphatic carbocycles. The van der Waals surface area contributed by atoms with Gasteiger partial charge in [-0.1, -0.05) is 53.0 Å². The van der Waals surface area contributed by atoms with E-state index in [2.05, 4.69) is 34.3 Å². The van der Waals surface area contributed by atoms with Crippen molar-refractivity contribution in [3.8, 4) is 0 Å². The van der Waals surface area contributed by atoms with Gasteiger partial charge in [0.2, 0.25) is 5.91 Å². The van der Waals surface area contributed by atoms with E-state index in [0.29, 0.717) is 15.7 Å². The number of halogens is 2. The van der Waals surface area contributed by atoms with Gasteiger partial charge in [-0.2, -0.15) is 0 Å². The summed E-state index contributed by atoms with van der Waals surface area (Å²) >= 11 is 12.3. The van der Waals surface area contributed by atoms with Crippen LogP contribution < -0.4 is 4.90 Å². The monoisotopic (exact) mass is 415 g/mol. The van der Waals surface area contributed by atoms with Crippen LogP contribution in [0.1, 0.15) is 23.6 Å². The molecule has 0 saturated carbocycles. The molecule has 0 radical (unpaired) electrons. The maximum Gasteiger partial charge on any atom is 0.253 e. The number of imide groups is 1. The van der Waals surface area contributed by atoms with E-state index in [4.69, 9.17) is 23.2 Å². The van der Waals surface area contributed by atoms with Crippen molar-refractivity contribution in [2.24, 2.45) is 5.92 Å². The maximum atomic E-state index is 13.5. The highest BCUT2D eigenvalue weighted by Gasteiger charge is 2.63. The van der Waals surface area contributed by atoms with Gasteiger partial charge in [-0.3, -0.25) is 9.59 Å². The van der Waals surface area contributed by atoms with Crippen molar-refractivity contribution < 1.29 is 9.59 Å². The van der Waals surface area contributed by atoms with Gasteiger partial charge in [0, 0.05) is 18.1 Å². The Morgan fingerprint density at radius 3 is 2.25 bits per heavy atom. The highest BCUT2D eigenvalue weighted by atomic mass is 35.5. The van der Waals surface area contributed by atoms with E-state index in [-0.39, 0.29) is 17.9 Å². The number of carbonyl (C=O) groups excluding carboxylic acids is 2. The Morgan fingerprint density at radius 1 is 0.893 bits per heavy atom. The molecule has 3 heterocycles. The molecular weight excluding hydrogens is 397 g/mol. The standard InChI is InChI=1S/C21H19Cl2N3O2/c1-12-3-5-13(6-4-12)18-17-19(25-10-2-9-24(18)25)21(28)26(20(17)27)16-8-7-14(22)11-15(16)23/h3-8,11,17-19H,2,9-10H2,1H3/t17-,18+,19+/m0/s1. The van der Waals surface area contributed by atoms with Crippen molar-refractivity contribution >= 4 is 40.7 Å². The van der Waals surface area contributed by atoms with Crippen LogP contribution in [0.25, 0.3) is 0 Å². The van der Waals surface area contributed by atoms with Crippen LogP contribution in [0.5, 0.6) is 0 Å². The summed E-state index contributed by atoms with van der Waals surface area (Å²) in [6.45, 7) is 3.68. The fourth-order valence-corrected chi connectivity index (χ4v) is 5.27. The Bertz CT molecular complexity index is 978.